The number of hydrogen-bond acceptors (Lipinski definition) is 2. The van der Waals surface area contributed by atoms with E-state index in [1.165, 1.54) is 24.9 Å². The van der Waals surface area contributed by atoms with E-state index in [0.717, 1.165) is 0 Å². The third-order valence-electron chi connectivity index (χ3n) is 3.55. The molecule has 1 aliphatic rings. The molecule has 0 saturated heterocycles. The predicted molar refractivity (Wildman–Crippen MR) is 67.4 cm³/mol. The Morgan fingerprint density at radius 3 is 2.93 bits per heavy atom. The van der Waals surface area contributed by atoms with Crippen molar-refractivity contribution in [3.8, 4) is 0 Å². The van der Waals surface area contributed by atoms with Gasteiger partial charge >= 0.3 is 0 Å². The zero-order chi connectivity index (χ0) is 10.8. The van der Waals surface area contributed by atoms with E-state index in [1.807, 2.05) is 0 Å². The fourth-order valence-electron chi connectivity index (χ4n) is 2.25. The summed E-state index contributed by atoms with van der Waals surface area (Å²) in [5.41, 5.74) is 4.65. The van der Waals surface area contributed by atoms with Crippen LogP contribution >= 0.6 is 11.3 Å². The van der Waals surface area contributed by atoms with E-state index in [9.17, 15) is 0 Å². The normalized spacial score (nSPS) is 23.5. The highest BCUT2D eigenvalue weighted by atomic mass is 32.1. The van der Waals surface area contributed by atoms with Gasteiger partial charge in [0, 0.05) is 12.6 Å². The highest BCUT2D eigenvalue weighted by Crippen LogP contribution is 2.25. The van der Waals surface area contributed by atoms with Crippen LogP contribution in [0.5, 0.6) is 0 Å². The van der Waals surface area contributed by atoms with Crippen LogP contribution in [0.2, 0.25) is 0 Å². The van der Waals surface area contributed by atoms with Gasteiger partial charge in [-0.25, -0.2) is 0 Å². The van der Waals surface area contributed by atoms with E-state index in [4.69, 9.17) is 0 Å². The van der Waals surface area contributed by atoms with Gasteiger partial charge in [0.25, 0.3) is 0 Å². The third kappa shape index (κ3) is 2.32. The fraction of sp³-hybridized carbons (Fsp3) is 0.538. The number of rotatable bonds is 2. The van der Waals surface area contributed by atoms with E-state index < -0.39 is 0 Å². The molecule has 82 valence electrons. The molecule has 1 atom stereocenters. The summed E-state index contributed by atoms with van der Waals surface area (Å²) in [7, 11) is 2.24. The summed E-state index contributed by atoms with van der Waals surface area (Å²) in [5, 5.41) is 4.44. The van der Waals surface area contributed by atoms with Gasteiger partial charge in [-0.2, -0.15) is 11.3 Å². The summed E-state index contributed by atoms with van der Waals surface area (Å²) < 4.78 is 0. The van der Waals surface area contributed by atoms with Crippen LogP contribution in [-0.2, 0) is 6.42 Å². The van der Waals surface area contributed by atoms with Crippen LogP contribution in [0.15, 0.2) is 28.0 Å². The first-order valence-corrected chi connectivity index (χ1v) is 6.50. The summed E-state index contributed by atoms with van der Waals surface area (Å²) >= 11 is 1.80. The Morgan fingerprint density at radius 2 is 2.27 bits per heavy atom. The van der Waals surface area contributed by atoms with Gasteiger partial charge in [-0.15, -0.1) is 0 Å². The topological polar surface area (TPSA) is 3.24 Å². The smallest absolute Gasteiger partial charge is 0.0345 e. The van der Waals surface area contributed by atoms with Gasteiger partial charge in [-0.1, -0.05) is 11.1 Å². The summed E-state index contributed by atoms with van der Waals surface area (Å²) in [5.74, 6) is 0. The summed E-state index contributed by atoms with van der Waals surface area (Å²) in [6, 6.07) is 2.86. The van der Waals surface area contributed by atoms with Crippen LogP contribution in [0.4, 0.5) is 0 Å². The molecule has 0 spiro atoms. The molecule has 2 heteroatoms. The molecule has 0 fully saturated rings. The predicted octanol–water partition coefficient (Wildman–Crippen LogP) is 3.33. The standard InChI is InChI=1S/C13H19NS/c1-10-4-6-14(3)13(11(10)2)8-12-5-7-15-9-12/h5,7,9,13H,4,6,8H2,1-3H3. The Kier molecular flexibility index (Phi) is 3.27. The second-order valence-corrected chi connectivity index (χ2v) is 5.33. The number of hydrogen-bond donors (Lipinski definition) is 0. The zero-order valence-electron chi connectivity index (χ0n) is 9.79. The molecule has 0 radical (unpaired) electrons. The SMILES string of the molecule is CC1=C(C)C(Cc2ccsc2)N(C)CC1. The molecular weight excluding hydrogens is 202 g/mol. The molecule has 1 aromatic rings. The summed E-state index contributed by atoms with van der Waals surface area (Å²) in [6.45, 7) is 5.78. The van der Waals surface area contributed by atoms with E-state index in [0.29, 0.717) is 6.04 Å². The Labute approximate surface area is 96.4 Å². The third-order valence-corrected chi connectivity index (χ3v) is 4.29. The van der Waals surface area contributed by atoms with Gasteiger partial charge < -0.3 is 0 Å². The van der Waals surface area contributed by atoms with Crippen molar-refractivity contribution in [2.24, 2.45) is 0 Å². The average molecular weight is 221 g/mol. The van der Waals surface area contributed by atoms with Crippen molar-refractivity contribution in [2.45, 2.75) is 32.7 Å². The van der Waals surface area contributed by atoms with Crippen molar-refractivity contribution in [3.05, 3.63) is 33.5 Å². The summed E-state index contributed by atoms with van der Waals surface area (Å²) in [4.78, 5) is 2.49. The lowest BCUT2D eigenvalue weighted by molar-refractivity contribution is 0.255. The Morgan fingerprint density at radius 1 is 1.47 bits per heavy atom. The number of nitrogens with zero attached hydrogens (tertiary/aromatic N) is 1. The lowest BCUT2D eigenvalue weighted by Crippen LogP contribution is -2.38. The fourth-order valence-corrected chi connectivity index (χ4v) is 2.93. The lowest BCUT2D eigenvalue weighted by Gasteiger charge is -2.34. The largest absolute Gasteiger partial charge is 0.299 e. The van der Waals surface area contributed by atoms with Crippen molar-refractivity contribution in [1.29, 1.82) is 0 Å². The van der Waals surface area contributed by atoms with E-state index in [-0.39, 0.29) is 0 Å². The van der Waals surface area contributed by atoms with Gasteiger partial charge in [-0.05, 0) is 56.1 Å². The molecule has 2 heterocycles. The molecule has 0 amide bonds. The van der Waals surface area contributed by atoms with Crippen LogP contribution in [-0.4, -0.2) is 24.5 Å². The number of likely N-dealkylation sites (N-methyl/N-ethyl adjacent to an activating group) is 1. The van der Waals surface area contributed by atoms with Crippen molar-refractivity contribution in [2.75, 3.05) is 13.6 Å². The molecular formula is C13H19NS. The Bertz CT molecular complexity index is 351. The van der Waals surface area contributed by atoms with Gasteiger partial charge in [0.2, 0.25) is 0 Å². The van der Waals surface area contributed by atoms with Gasteiger partial charge in [0.05, 0.1) is 0 Å². The van der Waals surface area contributed by atoms with Crippen LogP contribution in [0, 0.1) is 0 Å². The maximum Gasteiger partial charge on any atom is 0.0345 e. The average Bonchev–Trinajstić information content (AvgIpc) is 2.71. The lowest BCUT2D eigenvalue weighted by atomic mass is 9.91. The second-order valence-electron chi connectivity index (χ2n) is 4.55. The van der Waals surface area contributed by atoms with E-state index in [2.05, 4.69) is 42.6 Å². The highest BCUT2D eigenvalue weighted by Gasteiger charge is 2.22. The molecule has 0 aromatic carbocycles. The first kappa shape index (κ1) is 10.9. The van der Waals surface area contributed by atoms with Crippen LogP contribution in [0.1, 0.15) is 25.8 Å². The quantitative estimate of drug-likeness (QED) is 0.692. The molecule has 1 nitrogen and oxygen atoms in total. The molecule has 0 aliphatic carbocycles. The molecule has 1 unspecified atom stereocenters. The minimum absolute atomic E-state index is 0.619. The van der Waals surface area contributed by atoms with Crippen molar-refractivity contribution in [1.82, 2.24) is 4.90 Å². The van der Waals surface area contributed by atoms with Crippen LogP contribution < -0.4 is 0 Å². The second kappa shape index (κ2) is 4.50. The minimum Gasteiger partial charge on any atom is -0.299 e. The van der Waals surface area contributed by atoms with Crippen LogP contribution in [0.3, 0.4) is 0 Å². The molecule has 0 N–H and O–H groups in total. The molecule has 2 rings (SSSR count). The maximum atomic E-state index is 2.49. The van der Waals surface area contributed by atoms with Gasteiger partial charge in [0.1, 0.15) is 0 Å². The minimum atomic E-state index is 0.619. The monoisotopic (exact) mass is 221 g/mol. The zero-order valence-corrected chi connectivity index (χ0v) is 10.6. The maximum absolute atomic E-state index is 2.49. The van der Waals surface area contributed by atoms with Crippen molar-refractivity contribution in [3.63, 3.8) is 0 Å². The van der Waals surface area contributed by atoms with Crippen molar-refractivity contribution < 1.29 is 0 Å². The molecule has 0 saturated carbocycles. The van der Waals surface area contributed by atoms with E-state index in [1.54, 1.807) is 22.5 Å². The Balaban J connectivity index is 2.16. The first-order chi connectivity index (χ1) is 7.18. The van der Waals surface area contributed by atoms with Crippen molar-refractivity contribution >= 4 is 11.3 Å². The highest BCUT2D eigenvalue weighted by molar-refractivity contribution is 7.07. The van der Waals surface area contributed by atoms with Crippen LogP contribution in [0.25, 0.3) is 0 Å². The number of thiophene rings is 1. The first-order valence-electron chi connectivity index (χ1n) is 5.56. The molecule has 0 bridgehead atoms. The van der Waals surface area contributed by atoms with Gasteiger partial charge in [-0.3, -0.25) is 4.90 Å². The molecule has 15 heavy (non-hydrogen) atoms. The Hall–Kier alpha value is -0.600. The summed E-state index contributed by atoms with van der Waals surface area (Å²) in [6.07, 6.45) is 2.41. The van der Waals surface area contributed by atoms with Gasteiger partial charge in [0.15, 0.2) is 0 Å². The molecule has 1 aromatic heterocycles. The molecule has 1 aliphatic heterocycles. The van der Waals surface area contributed by atoms with E-state index >= 15 is 0 Å².